The van der Waals surface area contributed by atoms with Crippen molar-refractivity contribution in [3.8, 4) is 0 Å². The fourth-order valence-corrected chi connectivity index (χ4v) is 3.22. The summed E-state index contributed by atoms with van der Waals surface area (Å²) in [5, 5.41) is 9.63. The van der Waals surface area contributed by atoms with Gasteiger partial charge in [0.2, 0.25) is 0 Å². The first-order valence-corrected chi connectivity index (χ1v) is 10.5. The van der Waals surface area contributed by atoms with E-state index in [9.17, 15) is 4.79 Å². The van der Waals surface area contributed by atoms with Gasteiger partial charge in [-0.2, -0.15) is 0 Å². The van der Waals surface area contributed by atoms with E-state index in [1.54, 1.807) is 25.4 Å². The van der Waals surface area contributed by atoms with Crippen LogP contribution in [0.15, 0.2) is 82.4 Å². The van der Waals surface area contributed by atoms with E-state index in [0.717, 1.165) is 30.1 Å². The average molecular weight is 546 g/mol. The molecule has 0 radical (unpaired) electrons. The van der Waals surface area contributed by atoms with Gasteiger partial charge < -0.3 is 20.4 Å². The van der Waals surface area contributed by atoms with Crippen molar-refractivity contribution in [3.05, 3.63) is 95.4 Å². The van der Waals surface area contributed by atoms with Crippen molar-refractivity contribution >= 4 is 35.8 Å². The zero-order chi connectivity index (χ0) is 21.9. The molecule has 0 aliphatic rings. The minimum absolute atomic E-state index is 0. The molecule has 1 unspecified atom stereocenters. The van der Waals surface area contributed by atoms with Gasteiger partial charge in [0.1, 0.15) is 5.76 Å². The lowest BCUT2D eigenvalue weighted by Crippen LogP contribution is -2.42. The minimum atomic E-state index is -0.129. The molecule has 170 valence electrons. The maximum atomic E-state index is 12.4. The summed E-state index contributed by atoms with van der Waals surface area (Å²) < 4.78 is 5.25. The average Bonchev–Trinajstić information content (AvgIpc) is 3.33. The van der Waals surface area contributed by atoms with Crippen LogP contribution in [0.5, 0.6) is 0 Å². The fourth-order valence-electron chi connectivity index (χ4n) is 3.22. The third kappa shape index (κ3) is 8.37. The van der Waals surface area contributed by atoms with Gasteiger partial charge in [0.15, 0.2) is 5.96 Å². The molecule has 0 fully saturated rings. The Morgan fingerprint density at radius 3 is 2.47 bits per heavy atom. The highest BCUT2D eigenvalue weighted by Crippen LogP contribution is 2.07. The number of aliphatic imine (C=N–C) groups is 1. The molecule has 1 heterocycles. The number of halogens is 1. The lowest BCUT2D eigenvalue weighted by atomic mass is 10.1. The maximum absolute atomic E-state index is 12.4. The van der Waals surface area contributed by atoms with E-state index in [0.29, 0.717) is 18.7 Å². The number of aryl methyl sites for hydroxylation is 1. The number of carbonyl (C=O) groups is 1. The highest BCUT2D eigenvalue weighted by atomic mass is 127. The van der Waals surface area contributed by atoms with Gasteiger partial charge in [-0.15, -0.1) is 24.0 Å². The largest absolute Gasteiger partial charge is 0.467 e. The molecule has 3 N–H and O–H groups in total. The number of benzene rings is 2. The number of amides is 1. The zero-order valence-corrected chi connectivity index (χ0v) is 20.8. The first-order chi connectivity index (χ1) is 15.1. The van der Waals surface area contributed by atoms with Crippen molar-refractivity contribution in [2.75, 3.05) is 7.05 Å². The standard InChI is InChI=1S/C25H30N4O2.HI/c1-19(13-14-20-8-4-3-5-9-20)29-25(26-2)28-17-21-10-6-11-22(16-21)24(30)27-18-23-12-7-15-31-23;/h3-12,15-16,19H,13-14,17-18H2,1-2H3,(H,27,30)(H2,26,28,29);1H. The Hall–Kier alpha value is -2.81. The number of nitrogens with one attached hydrogen (secondary N) is 3. The van der Waals surface area contributed by atoms with E-state index >= 15 is 0 Å². The van der Waals surface area contributed by atoms with Crippen LogP contribution in [0.4, 0.5) is 0 Å². The summed E-state index contributed by atoms with van der Waals surface area (Å²) in [5.41, 5.74) is 2.96. The molecule has 0 bridgehead atoms. The molecule has 2 aromatic carbocycles. The van der Waals surface area contributed by atoms with E-state index in [1.165, 1.54) is 5.56 Å². The van der Waals surface area contributed by atoms with Crippen LogP contribution in [0.25, 0.3) is 0 Å². The van der Waals surface area contributed by atoms with Gasteiger partial charge >= 0.3 is 0 Å². The highest BCUT2D eigenvalue weighted by Gasteiger charge is 2.09. The molecule has 3 rings (SSSR count). The Kier molecular flexibility index (Phi) is 10.8. The van der Waals surface area contributed by atoms with Gasteiger partial charge in [-0.05, 0) is 55.2 Å². The zero-order valence-electron chi connectivity index (χ0n) is 18.5. The first-order valence-electron chi connectivity index (χ1n) is 10.5. The molecule has 1 atom stereocenters. The fraction of sp³-hybridized carbons (Fsp3) is 0.280. The smallest absolute Gasteiger partial charge is 0.251 e. The van der Waals surface area contributed by atoms with E-state index in [1.807, 2.05) is 30.3 Å². The van der Waals surface area contributed by atoms with Crippen LogP contribution < -0.4 is 16.0 Å². The second-order valence-electron chi connectivity index (χ2n) is 7.46. The second-order valence-corrected chi connectivity index (χ2v) is 7.46. The van der Waals surface area contributed by atoms with Gasteiger partial charge in [-0.1, -0.05) is 42.5 Å². The van der Waals surface area contributed by atoms with Crippen molar-refractivity contribution in [2.45, 2.75) is 38.9 Å². The SMILES string of the molecule is CN=C(NCc1cccc(C(=O)NCc2ccco2)c1)NC(C)CCc1ccccc1.I. The summed E-state index contributed by atoms with van der Waals surface area (Å²) in [6.07, 6.45) is 3.62. The van der Waals surface area contributed by atoms with Gasteiger partial charge in [-0.25, -0.2) is 0 Å². The van der Waals surface area contributed by atoms with Crippen LogP contribution in [0.2, 0.25) is 0 Å². The van der Waals surface area contributed by atoms with Crippen LogP contribution in [0, 0.1) is 0 Å². The van der Waals surface area contributed by atoms with Crippen LogP contribution in [-0.4, -0.2) is 25.0 Å². The molecule has 1 amide bonds. The molecule has 6 nitrogen and oxygen atoms in total. The molecule has 0 saturated carbocycles. The van der Waals surface area contributed by atoms with Gasteiger partial charge in [-0.3, -0.25) is 9.79 Å². The molecule has 32 heavy (non-hydrogen) atoms. The summed E-state index contributed by atoms with van der Waals surface area (Å²) in [6.45, 7) is 3.09. The van der Waals surface area contributed by atoms with Crippen LogP contribution >= 0.6 is 24.0 Å². The minimum Gasteiger partial charge on any atom is -0.467 e. The summed E-state index contributed by atoms with van der Waals surface area (Å²) >= 11 is 0. The molecule has 0 aliphatic carbocycles. The Morgan fingerprint density at radius 1 is 0.969 bits per heavy atom. The summed E-state index contributed by atoms with van der Waals surface area (Å²) in [5.74, 6) is 1.34. The molecule has 0 spiro atoms. The van der Waals surface area contributed by atoms with Gasteiger partial charge in [0.25, 0.3) is 5.91 Å². The lowest BCUT2D eigenvalue weighted by molar-refractivity contribution is 0.0948. The Labute approximate surface area is 206 Å². The molecule has 1 aromatic heterocycles. The summed E-state index contributed by atoms with van der Waals surface area (Å²) in [7, 11) is 1.76. The van der Waals surface area contributed by atoms with Crippen molar-refractivity contribution in [3.63, 3.8) is 0 Å². The monoisotopic (exact) mass is 546 g/mol. The van der Waals surface area contributed by atoms with E-state index in [2.05, 4.69) is 52.1 Å². The Morgan fingerprint density at radius 2 is 1.75 bits per heavy atom. The van der Waals surface area contributed by atoms with Crippen molar-refractivity contribution in [1.82, 2.24) is 16.0 Å². The Bertz CT molecular complexity index is 975. The third-order valence-electron chi connectivity index (χ3n) is 4.97. The summed E-state index contributed by atoms with van der Waals surface area (Å²) in [6, 6.07) is 22.0. The number of guanidine groups is 1. The normalized spacial score (nSPS) is 11.9. The van der Waals surface area contributed by atoms with E-state index in [4.69, 9.17) is 4.42 Å². The molecule has 0 aliphatic heterocycles. The van der Waals surface area contributed by atoms with Crippen molar-refractivity contribution in [1.29, 1.82) is 0 Å². The Balaban J connectivity index is 0.00000363. The van der Waals surface area contributed by atoms with Crippen molar-refractivity contribution in [2.24, 2.45) is 4.99 Å². The number of hydrogen-bond donors (Lipinski definition) is 3. The number of furan rings is 1. The van der Waals surface area contributed by atoms with Crippen molar-refractivity contribution < 1.29 is 9.21 Å². The van der Waals surface area contributed by atoms with Gasteiger partial charge in [0, 0.05) is 25.2 Å². The maximum Gasteiger partial charge on any atom is 0.251 e. The van der Waals surface area contributed by atoms with E-state index < -0.39 is 0 Å². The van der Waals surface area contributed by atoms with Gasteiger partial charge in [0.05, 0.1) is 12.8 Å². The molecular formula is C25H31IN4O2. The van der Waals surface area contributed by atoms with Crippen LogP contribution in [0.3, 0.4) is 0 Å². The summed E-state index contributed by atoms with van der Waals surface area (Å²) in [4.78, 5) is 16.7. The molecule has 0 saturated heterocycles. The predicted molar refractivity (Wildman–Crippen MR) is 139 cm³/mol. The quantitative estimate of drug-likeness (QED) is 0.210. The van der Waals surface area contributed by atoms with E-state index in [-0.39, 0.29) is 35.9 Å². The van der Waals surface area contributed by atoms with Crippen LogP contribution in [-0.2, 0) is 19.5 Å². The molecule has 7 heteroatoms. The topological polar surface area (TPSA) is 78.7 Å². The predicted octanol–water partition coefficient (Wildman–Crippen LogP) is 4.51. The lowest BCUT2D eigenvalue weighted by Gasteiger charge is -2.18. The number of carbonyl (C=O) groups excluding carboxylic acids is 1. The number of rotatable bonds is 9. The molecule has 3 aromatic rings. The molecular weight excluding hydrogens is 515 g/mol. The van der Waals surface area contributed by atoms with Crippen LogP contribution in [0.1, 0.15) is 40.6 Å². The second kappa shape index (κ2) is 13.6. The number of hydrogen-bond acceptors (Lipinski definition) is 3. The third-order valence-corrected chi connectivity index (χ3v) is 4.97. The number of nitrogens with zero attached hydrogens (tertiary/aromatic N) is 1. The first kappa shape index (κ1) is 25.5. The highest BCUT2D eigenvalue weighted by molar-refractivity contribution is 14.0.